The Morgan fingerprint density at radius 2 is 0.481 bits per heavy atom. The van der Waals surface area contributed by atoms with Gasteiger partial charge in [0.25, 0.3) is 0 Å². The molecule has 9 fully saturated rings. The van der Waals surface area contributed by atoms with Crippen LogP contribution in [0.1, 0.15) is 231 Å². The largest absolute Gasteiger partial charge is 0.0817 e. The number of hydrogen-bond acceptors (Lipinski definition) is 0. The number of allylic oxidation sites excluding steroid dienone is 4. The second-order valence-electron chi connectivity index (χ2n) is 22.4. The molecule has 0 aromatic heterocycles. The third kappa shape index (κ3) is 8.89. The van der Waals surface area contributed by atoms with Crippen molar-refractivity contribution in [2.75, 3.05) is 0 Å². The van der Waals surface area contributed by atoms with Gasteiger partial charge in [0.15, 0.2) is 0 Å². The monoisotopic (exact) mass is 737 g/mol. The molecule has 9 aliphatic rings. The van der Waals surface area contributed by atoms with Crippen LogP contribution in [0.2, 0.25) is 0 Å². The molecule has 4 atom stereocenters. The lowest BCUT2D eigenvalue weighted by Gasteiger charge is -2.60. The Morgan fingerprint density at radius 1 is 0.241 bits per heavy atom. The van der Waals surface area contributed by atoms with Crippen LogP contribution in [-0.4, -0.2) is 0 Å². The SMILES string of the molecule is C(=C(C1CCCCC1)C1CCCCC1)C1CCC(C2C3CCCCC3C(C3CCC(C=C(C4CCCCC4)C4CCCCC4)CC3)C3CCCCC32)CC1. The Labute approximate surface area is 336 Å². The maximum absolute atomic E-state index is 3.00. The van der Waals surface area contributed by atoms with Crippen molar-refractivity contribution in [3.63, 3.8) is 0 Å². The minimum atomic E-state index is 0.918. The quantitative estimate of drug-likeness (QED) is 0.218. The van der Waals surface area contributed by atoms with E-state index in [1.165, 1.54) is 128 Å². The molecule has 0 amide bonds. The molecule has 0 spiro atoms. The van der Waals surface area contributed by atoms with E-state index in [-0.39, 0.29) is 0 Å². The number of hydrogen-bond donors (Lipinski definition) is 0. The molecule has 9 aliphatic carbocycles. The zero-order valence-electron chi connectivity index (χ0n) is 35.7. The van der Waals surface area contributed by atoms with Crippen molar-refractivity contribution in [3.8, 4) is 0 Å². The lowest BCUT2D eigenvalue weighted by Crippen LogP contribution is -2.53. The fourth-order valence-corrected chi connectivity index (χ4v) is 17.2. The smallest absolute Gasteiger partial charge is 0.0200 e. The van der Waals surface area contributed by atoms with Gasteiger partial charge in [-0.05, 0) is 211 Å². The Hall–Kier alpha value is -0.520. The molecule has 0 heterocycles. The summed E-state index contributed by atoms with van der Waals surface area (Å²) in [6, 6.07) is 0. The summed E-state index contributed by atoms with van der Waals surface area (Å²) in [5.41, 5.74) is 4.03. The van der Waals surface area contributed by atoms with Crippen LogP contribution in [0.4, 0.5) is 0 Å². The molecule has 4 unspecified atom stereocenters. The van der Waals surface area contributed by atoms with Crippen LogP contribution >= 0.6 is 0 Å². The van der Waals surface area contributed by atoms with Crippen LogP contribution < -0.4 is 0 Å². The van der Waals surface area contributed by atoms with E-state index < -0.39 is 0 Å². The van der Waals surface area contributed by atoms with Gasteiger partial charge in [-0.3, -0.25) is 0 Å². The second kappa shape index (κ2) is 19.0. The van der Waals surface area contributed by atoms with E-state index in [1.54, 1.807) is 103 Å². The maximum atomic E-state index is 3.00. The van der Waals surface area contributed by atoms with E-state index in [1.807, 2.05) is 11.1 Å². The molecule has 0 radical (unpaired) electrons. The fourth-order valence-electron chi connectivity index (χ4n) is 17.2. The van der Waals surface area contributed by atoms with Gasteiger partial charge in [-0.25, -0.2) is 0 Å². The standard InChI is InChI=1S/C54H88/c1-5-17-41(18-6-1)51(42-19-7-2-8-20-42)37-39-29-33-45(34-30-39)53-47-25-13-15-27-49(47)54(50-28-16-14-26-48(50)53)46-35-31-40(32-36-46)38-52(43-21-9-3-10-22-43)44-23-11-4-12-24-44/h37-50,53-54H,1-36H2. The summed E-state index contributed by atoms with van der Waals surface area (Å²) in [6.07, 6.45) is 61.5. The zero-order valence-corrected chi connectivity index (χ0v) is 35.7. The van der Waals surface area contributed by atoms with Crippen LogP contribution in [0.15, 0.2) is 23.3 Å². The van der Waals surface area contributed by atoms with E-state index in [9.17, 15) is 0 Å². The lowest BCUT2D eigenvalue weighted by molar-refractivity contribution is -0.113. The first-order valence-corrected chi connectivity index (χ1v) is 26.2. The van der Waals surface area contributed by atoms with Gasteiger partial charge in [0.2, 0.25) is 0 Å². The van der Waals surface area contributed by atoms with Crippen LogP contribution in [0.5, 0.6) is 0 Å². The molecule has 0 aliphatic heterocycles. The molecule has 0 bridgehead atoms. The second-order valence-corrected chi connectivity index (χ2v) is 22.4. The third-order valence-corrected chi connectivity index (χ3v) is 19.6. The average molecular weight is 737 g/mol. The highest BCUT2D eigenvalue weighted by atomic mass is 14.6. The summed E-state index contributed by atoms with van der Waals surface area (Å²) < 4.78 is 0. The molecule has 304 valence electrons. The van der Waals surface area contributed by atoms with Gasteiger partial charge in [-0.2, -0.15) is 0 Å². The van der Waals surface area contributed by atoms with Gasteiger partial charge in [-0.1, -0.05) is 126 Å². The molecule has 54 heavy (non-hydrogen) atoms. The fraction of sp³-hybridized carbons (Fsp3) is 0.926. The summed E-state index contributed by atoms with van der Waals surface area (Å²) in [7, 11) is 0. The first-order chi connectivity index (χ1) is 26.8. The zero-order chi connectivity index (χ0) is 36.1. The van der Waals surface area contributed by atoms with Crippen molar-refractivity contribution in [1.82, 2.24) is 0 Å². The number of rotatable bonds is 8. The highest BCUT2D eigenvalue weighted by molar-refractivity contribution is 5.17. The van der Waals surface area contributed by atoms with Crippen LogP contribution in [0, 0.1) is 82.9 Å². The van der Waals surface area contributed by atoms with E-state index in [0.29, 0.717) is 0 Å². The summed E-state index contributed by atoms with van der Waals surface area (Å²) >= 11 is 0. The van der Waals surface area contributed by atoms with Gasteiger partial charge in [0.1, 0.15) is 0 Å². The van der Waals surface area contributed by atoms with E-state index >= 15 is 0 Å². The molecule has 0 heteroatoms. The van der Waals surface area contributed by atoms with Crippen molar-refractivity contribution in [3.05, 3.63) is 23.3 Å². The summed E-state index contributed by atoms with van der Waals surface area (Å²) in [5.74, 6) is 14.4. The van der Waals surface area contributed by atoms with Crippen LogP contribution in [0.25, 0.3) is 0 Å². The molecule has 0 nitrogen and oxygen atoms in total. The first-order valence-electron chi connectivity index (χ1n) is 26.2. The van der Waals surface area contributed by atoms with Gasteiger partial charge in [0.05, 0.1) is 0 Å². The van der Waals surface area contributed by atoms with E-state index in [0.717, 1.165) is 82.9 Å². The minimum Gasteiger partial charge on any atom is -0.0817 e. The van der Waals surface area contributed by atoms with Crippen LogP contribution in [-0.2, 0) is 0 Å². The van der Waals surface area contributed by atoms with E-state index in [4.69, 9.17) is 0 Å². The van der Waals surface area contributed by atoms with Crippen LogP contribution in [0.3, 0.4) is 0 Å². The number of fused-ring (bicyclic) bond motifs is 2. The Morgan fingerprint density at radius 3 is 0.741 bits per heavy atom. The predicted molar refractivity (Wildman–Crippen MR) is 231 cm³/mol. The van der Waals surface area contributed by atoms with Gasteiger partial charge in [-0.15, -0.1) is 0 Å². The Bertz CT molecular complexity index is 1020. The molecular formula is C54H88. The predicted octanol–water partition coefficient (Wildman–Crippen LogP) is 16.6. The van der Waals surface area contributed by atoms with Crippen molar-refractivity contribution < 1.29 is 0 Å². The average Bonchev–Trinajstić information content (AvgIpc) is 3.25. The summed E-state index contributed by atoms with van der Waals surface area (Å²) in [6.45, 7) is 0. The normalized spacial score (nSPS) is 41.0. The van der Waals surface area contributed by atoms with Gasteiger partial charge < -0.3 is 0 Å². The van der Waals surface area contributed by atoms with Crippen molar-refractivity contribution in [2.45, 2.75) is 231 Å². The Balaban J connectivity index is 0.877. The molecule has 9 saturated carbocycles. The highest BCUT2D eigenvalue weighted by Crippen LogP contribution is 2.62. The molecular weight excluding hydrogens is 649 g/mol. The molecule has 0 aromatic carbocycles. The summed E-state index contributed by atoms with van der Waals surface area (Å²) in [5, 5.41) is 0. The molecule has 9 rings (SSSR count). The first kappa shape index (κ1) is 39.0. The minimum absolute atomic E-state index is 0.918. The lowest BCUT2D eigenvalue weighted by atomic mass is 9.45. The topological polar surface area (TPSA) is 0 Å². The van der Waals surface area contributed by atoms with Crippen molar-refractivity contribution >= 4 is 0 Å². The van der Waals surface area contributed by atoms with Gasteiger partial charge in [0, 0.05) is 0 Å². The Kier molecular flexibility index (Phi) is 13.7. The molecule has 0 aromatic rings. The maximum Gasteiger partial charge on any atom is -0.0200 e. The summed E-state index contributed by atoms with van der Waals surface area (Å²) in [4.78, 5) is 0. The van der Waals surface area contributed by atoms with Crippen molar-refractivity contribution in [2.24, 2.45) is 82.9 Å². The van der Waals surface area contributed by atoms with E-state index in [2.05, 4.69) is 12.2 Å². The van der Waals surface area contributed by atoms with Crippen molar-refractivity contribution in [1.29, 1.82) is 0 Å². The third-order valence-electron chi connectivity index (χ3n) is 19.6. The van der Waals surface area contributed by atoms with Gasteiger partial charge >= 0.3 is 0 Å². The molecule has 0 N–H and O–H groups in total. The molecule has 0 saturated heterocycles. The highest BCUT2D eigenvalue weighted by Gasteiger charge is 2.55.